The van der Waals surface area contributed by atoms with E-state index in [0.717, 1.165) is 11.1 Å². The molecule has 1 saturated heterocycles. The quantitative estimate of drug-likeness (QED) is 0.193. The second-order valence-electron chi connectivity index (χ2n) is 8.66. The summed E-state index contributed by atoms with van der Waals surface area (Å²) in [6.45, 7) is 0.267. The lowest BCUT2D eigenvalue weighted by Gasteiger charge is -2.15. The Morgan fingerprint density at radius 1 is 1.02 bits per heavy atom. The van der Waals surface area contributed by atoms with Gasteiger partial charge in [-0.1, -0.05) is 60.4 Å². The van der Waals surface area contributed by atoms with Gasteiger partial charge in [-0.2, -0.15) is 5.26 Å². The molecule has 4 aromatic rings. The van der Waals surface area contributed by atoms with Gasteiger partial charge in [-0.15, -0.1) is 0 Å². The van der Waals surface area contributed by atoms with E-state index < -0.39 is 11.7 Å². The Labute approximate surface area is 239 Å². The molecular weight excluding hydrogens is 545 g/mol. The summed E-state index contributed by atoms with van der Waals surface area (Å²) in [6.07, 6.45) is 1.75. The average Bonchev–Trinajstić information content (AvgIpc) is 3.26. The van der Waals surface area contributed by atoms with E-state index in [1.807, 2.05) is 30.3 Å². The van der Waals surface area contributed by atoms with E-state index in [4.69, 9.17) is 17.0 Å². The zero-order valence-electron chi connectivity index (χ0n) is 20.8. The van der Waals surface area contributed by atoms with Crippen molar-refractivity contribution in [1.82, 2.24) is 0 Å². The molecule has 5 rings (SSSR count). The number of halogens is 1. The van der Waals surface area contributed by atoms with Crippen LogP contribution in [-0.4, -0.2) is 16.1 Å². The minimum absolute atomic E-state index is 0.267. The molecule has 40 heavy (non-hydrogen) atoms. The van der Waals surface area contributed by atoms with Crippen LogP contribution in [0, 0.1) is 17.1 Å². The lowest BCUT2D eigenvalue weighted by Crippen LogP contribution is -2.27. The fourth-order valence-corrected chi connectivity index (χ4v) is 5.24. The number of nitrogens with one attached hydrogen (secondary N) is 1. The van der Waals surface area contributed by atoms with Gasteiger partial charge in [-0.05, 0) is 72.3 Å². The van der Waals surface area contributed by atoms with E-state index >= 15 is 0 Å². The summed E-state index contributed by atoms with van der Waals surface area (Å²) < 4.78 is 19.3. The molecule has 0 unspecified atom stereocenters. The molecule has 6 nitrogen and oxygen atoms in total. The highest BCUT2D eigenvalue weighted by molar-refractivity contribution is 8.27. The number of nitriles is 1. The number of thiocarbonyl (C=S) groups is 1. The molecule has 0 radical (unpaired) electrons. The van der Waals surface area contributed by atoms with E-state index in [1.165, 1.54) is 40.9 Å². The maximum absolute atomic E-state index is 13.3. The Balaban J connectivity index is 1.27. The monoisotopic (exact) mass is 565 g/mol. The van der Waals surface area contributed by atoms with Gasteiger partial charge in [0.1, 0.15) is 18.2 Å². The van der Waals surface area contributed by atoms with E-state index in [1.54, 1.807) is 48.5 Å². The molecule has 0 saturated carbocycles. The number of ether oxygens (including phenoxy) is 1. The molecule has 0 aromatic heterocycles. The molecule has 9 heteroatoms. The van der Waals surface area contributed by atoms with Crippen molar-refractivity contribution in [3.8, 4) is 11.8 Å². The third kappa shape index (κ3) is 6.10. The van der Waals surface area contributed by atoms with Crippen LogP contribution in [0.15, 0.2) is 102 Å². The van der Waals surface area contributed by atoms with Gasteiger partial charge in [0.25, 0.3) is 11.8 Å². The zero-order valence-corrected chi connectivity index (χ0v) is 22.5. The van der Waals surface area contributed by atoms with Gasteiger partial charge < -0.3 is 10.1 Å². The molecule has 0 aliphatic carbocycles. The van der Waals surface area contributed by atoms with Crippen LogP contribution in [0.5, 0.6) is 5.75 Å². The van der Waals surface area contributed by atoms with Crippen molar-refractivity contribution < 1.29 is 18.7 Å². The van der Waals surface area contributed by atoms with Crippen LogP contribution in [0.2, 0.25) is 0 Å². The standard InChI is InChI=1S/C31H20FN3O3S2/c32-24-10-12-25(13-11-24)34-29(36)21-6-3-7-26(17-21)35-30(37)28(40-31(35)39)16-20-8-14-27(15-9-20)38-19-23-5-2-1-4-22(23)18-33/h1-17H,19H2,(H,34,36)/b28-16+. The third-order valence-electron chi connectivity index (χ3n) is 5.97. The largest absolute Gasteiger partial charge is 0.489 e. The summed E-state index contributed by atoms with van der Waals surface area (Å²) in [5, 5.41) is 11.9. The molecule has 0 atom stereocenters. The lowest BCUT2D eigenvalue weighted by atomic mass is 10.1. The first-order valence-corrected chi connectivity index (χ1v) is 13.3. The number of hydrogen-bond donors (Lipinski definition) is 1. The fraction of sp³-hybridized carbons (Fsp3) is 0.0323. The van der Waals surface area contributed by atoms with Crippen LogP contribution in [0.25, 0.3) is 6.08 Å². The highest BCUT2D eigenvalue weighted by atomic mass is 32.2. The Bertz CT molecular complexity index is 1680. The number of nitrogens with zero attached hydrogens (tertiary/aromatic N) is 2. The van der Waals surface area contributed by atoms with Crippen molar-refractivity contribution in [2.75, 3.05) is 10.2 Å². The molecule has 1 aliphatic rings. The number of carbonyl (C=O) groups is 2. The summed E-state index contributed by atoms with van der Waals surface area (Å²) in [7, 11) is 0. The smallest absolute Gasteiger partial charge is 0.270 e. The predicted molar refractivity (Wildman–Crippen MR) is 158 cm³/mol. The lowest BCUT2D eigenvalue weighted by molar-refractivity contribution is -0.113. The topological polar surface area (TPSA) is 82.4 Å². The molecule has 1 fully saturated rings. The van der Waals surface area contributed by atoms with E-state index in [-0.39, 0.29) is 12.5 Å². The number of amides is 2. The summed E-state index contributed by atoms with van der Waals surface area (Å²) in [6, 6.07) is 28.7. The number of thioether (sulfide) groups is 1. The molecule has 4 aromatic carbocycles. The van der Waals surface area contributed by atoms with E-state index in [2.05, 4.69) is 11.4 Å². The van der Waals surface area contributed by atoms with Gasteiger partial charge in [0, 0.05) is 16.8 Å². The van der Waals surface area contributed by atoms with Crippen molar-refractivity contribution in [3.63, 3.8) is 0 Å². The van der Waals surface area contributed by atoms with Crippen LogP contribution in [0.1, 0.15) is 27.0 Å². The van der Waals surface area contributed by atoms with Crippen LogP contribution in [0.4, 0.5) is 15.8 Å². The molecule has 196 valence electrons. The van der Waals surface area contributed by atoms with Crippen molar-refractivity contribution in [3.05, 3.63) is 130 Å². The van der Waals surface area contributed by atoms with Crippen LogP contribution < -0.4 is 15.0 Å². The number of rotatable bonds is 7. The van der Waals surface area contributed by atoms with Gasteiger partial charge in [-0.3, -0.25) is 14.5 Å². The predicted octanol–water partition coefficient (Wildman–Crippen LogP) is 6.93. The molecule has 1 aliphatic heterocycles. The summed E-state index contributed by atoms with van der Waals surface area (Å²) in [5.74, 6) is -0.453. The van der Waals surface area contributed by atoms with Gasteiger partial charge in [-0.25, -0.2) is 4.39 Å². The number of benzene rings is 4. The Morgan fingerprint density at radius 2 is 1.77 bits per heavy atom. The maximum atomic E-state index is 13.3. The van der Waals surface area contributed by atoms with Crippen molar-refractivity contribution >= 4 is 57.6 Å². The van der Waals surface area contributed by atoms with Crippen LogP contribution in [-0.2, 0) is 11.4 Å². The molecule has 0 bridgehead atoms. The molecule has 1 heterocycles. The average molecular weight is 566 g/mol. The highest BCUT2D eigenvalue weighted by Gasteiger charge is 2.33. The first kappa shape index (κ1) is 26.8. The molecule has 1 N–H and O–H groups in total. The number of hydrogen-bond acceptors (Lipinski definition) is 6. The Morgan fingerprint density at radius 3 is 2.52 bits per heavy atom. The Kier molecular flexibility index (Phi) is 8.01. The van der Waals surface area contributed by atoms with Gasteiger partial charge in [0.05, 0.1) is 22.2 Å². The van der Waals surface area contributed by atoms with Crippen molar-refractivity contribution in [2.45, 2.75) is 6.61 Å². The molecular formula is C31H20FN3O3S2. The second-order valence-corrected chi connectivity index (χ2v) is 10.3. The molecule has 0 spiro atoms. The van der Waals surface area contributed by atoms with Crippen molar-refractivity contribution in [2.24, 2.45) is 0 Å². The minimum atomic E-state index is -0.398. The van der Waals surface area contributed by atoms with E-state index in [0.29, 0.717) is 37.5 Å². The summed E-state index contributed by atoms with van der Waals surface area (Å²) in [5.41, 5.74) is 3.41. The highest BCUT2D eigenvalue weighted by Crippen LogP contribution is 2.36. The first-order chi connectivity index (χ1) is 19.4. The molecule has 2 amide bonds. The SMILES string of the molecule is N#Cc1ccccc1COc1ccc(/C=C2/SC(=S)N(c3cccc(C(=O)Nc4ccc(F)cc4)c3)C2=O)cc1. The first-order valence-electron chi connectivity index (χ1n) is 12.1. The number of anilines is 2. The maximum Gasteiger partial charge on any atom is 0.270 e. The van der Waals surface area contributed by atoms with Gasteiger partial charge in [0.2, 0.25) is 0 Å². The number of carbonyl (C=O) groups excluding carboxylic acids is 2. The Hall–Kier alpha value is -4.78. The van der Waals surface area contributed by atoms with E-state index in [9.17, 15) is 19.2 Å². The zero-order chi connectivity index (χ0) is 28.1. The second kappa shape index (κ2) is 11.9. The van der Waals surface area contributed by atoms with Crippen molar-refractivity contribution in [1.29, 1.82) is 5.26 Å². The van der Waals surface area contributed by atoms with Crippen LogP contribution >= 0.6 is 24.0 Å². The normalized spacial score (nSPS) is 13.8. The summed E-state index contributed by atoms with van der Waals surface area (Å²) >= 11 is 6.67. The fourth-order valence-electron chi connectivity index (χ4n) is 3.94. The van der Waals surface area contributed by atoms with Gasteiger partial charge in [0.15, 0.2) is 4.32 Å². The third-order valence-corrected chi connectivity index (χ3v) is 7.27. The summed E-state index contributed by atoms with van der Waals surface area (Å²) in [4.78, 5) is 27.9. The van der Waals surface area contributed by atoms with Crippen LogP contribution in [0.3, 0.4) is 0 Å². The minimum Gasteiger partial charge on any atom is -0.489 e. The van der Waals surface area contributed by atoms with Gasteiger partial charge >= 0.3 is 0 Å².